The van der Waals surface area contributed by atoms with E-state index in [-0.39, 0.29) is 19.1 Å². The van der Waals surface area contributed by atoms with Crippen molar-refractivity contribution in [1.29, 1.82) is 0 Å². The van der Waals surface area contributed by atoms with Crippen LogP contribution < -0.4 is 5.69 Å². The second-order valence-electron chi connectivity index (χ2n) is 5.52. The third-order valence-corrected chi connectivity index (χ3v) is 4.19. The molecule has 2 rings (SSSR count). The lowest BCUT2D eigenvalue weighted by Gasteiger charge is -2.15. The van der Waals surface area contributed by atoms with Crippen molar-refractivity contribution in [1.82, 2.24) is 9.13 Å². The Morgan fingerprint density at radius 1 is 1.21 bits per heavy atom. The number of fused-ring (bicyclic) bond motifs is 1. The maximum atomic E-state index is 12.6. The Morgan fingerprint density at radius 3 is 2.42 bits per heavy atom. The number of carboxylic acid groups (broad SMARTS) is 1. The number of para-hydroxylation sites is 1. The van der Waals surface area contributed by atoms with Crippen LogP contribution >= 0.6 is 0 Å². The molecule has 0 aliphatic heterocycles. The predicted octanol–water partition coefficient (Wildman–Crippen LogP) is 2.80. The molecule has 130 valence electrons. The number of carbonyl (C=O) groups excluding carboxylic acids is 1. The topological polar surface area (TPSA) is 90.5 Å². The molecule has 1 aromatic heterocycles. The first kappa shape index (κ1) is 17.8. The summed E-state index contributed by atoms with van der Waals surface area (Å²) in [6.07, 6.45) is 0.331. The zero-order chi connectivity index (χ0) is 17.9. The summed E-state index contributed by atoms with van der Waals surface area (Å²) in [6, 6.07) is 5.20. The van der Waals surface area contributed by atoms with Crippen LogP contribution in [0.1, 0.15) is 45.1 Å². The molecule has 1 heterocycles. The van der Waals surface area contributed by atoms with Crippen molar-refractivity contribution in [3.63, 3.8) is 0 Å². The number of imidazole rings is 1. The molecule has 1 N–H and O–H groups in total. The first-order valence-corrected chi connectivity index (χ1v) is 8.09. The van der Waals surface area contributed by atoms with Gasteiger partial charge in [-0.3, -0.25) is 9.36 Å². The number of hydrogen-bond acceptors (Lipinski definition) is 4. The van der Waals surface area contributed by atoms with Crippen molar-refractivity contribution in [2.75, 3.05) is 6.61 Å². The molecule has 0 aliphatic rings. The van der Waals surface area contributed by atoms with Crippen molar-refractivity contribution < 1.29 is 19.4 Å². The Morgan fingerprint density at radius 2 is 1.88 bits per heavy atom. The number of esters is 1. The summed E-state index contributed by atoms with van der Waals surface area (Å²) in [5, 5.41) is 9.39. The molecular weight excluding hydrogens is 312 g/mol. The van der Waals surface area contributed by atoms with E-state index in [1.54, 1.807) is 19.1 Å². The monoisotopic (exact) mass is 334 g/mol. The quantitative estimate of drug-likeness (QED) is 0.820. The summed E-state index contributed by atoms with van der Waals surface area (Å²) in [4.78, 5) is 35.9. The normalized spacial score (nSPS) is 11.2. The van der Waals surface area contributed by atoms with Crippen LogP contribution in [0.2, 0.25) is 0 Å². The fourth-order valence-electron chi connectivity index (χ4n) is 3.07. The molecule has 0 aliphatic carbocycles. The number of carbonyl (C=O) groups is 2. The standard InChI is InChI=1S/C17H22N2O5/c1-4-11(5-2)12-8-7-9-13-15(12)18(10-14(20)24-6-3)16(21)19(13)17(22)23/h7-9,11H,4-6,10H2,1-3H3,(H,22,23). The largest absolute Gasteiger partial charge is 0.465 e. The van der Waals surface area contributed by atoms with Crippen molar-refractivity contribution in [3.8, 4) is 0 Å². The van der Waals surface area contributed by atoms with E-state index in [2.05, 4.69) is 0 Å². The van der Waals surface area contributed by atoms with E-state index >= 15 is 0 Å². The van der Waals surface area contributed by atoms with Gasteiger partial charge in [0.05, 0.1) is 17.6 Å². The number of aromatic nitrogens is 2. The van der Waals surface area contributed by atoms with Gasteiger partial charge in [0, 0.05) is 0 Å². The maximum absolute atomic E-state index is 12.6. The summed E-state index contributed by atoms with van der Waals surface area (Å²) >= 11 is 0. The molecule has 7 nitrogen and oxygen atoms in total. The van der Waals surface area contributed by atoms with E-state index < -0.39 is 17.8 Å². The zero-order valence-electron chi connectivity index (χ0n) is 14.1. The number of rotatable bonds is 6. The van der Waals surface area contributed by atoms with Gasteiger partial charge in [-0.05, 0) is 37.3 Å². The lowest BCUT2D eigenvalue weighted by molar-refractivity contribution is -0.143. The number of nitrogens with zero attached hydrogens (tertiary/aromatic N) is 2. The van der Waals surface area contributed by atoms with Crippen molar-refractivity contribution >= 4 is 23.1 Å². The van der Waals surface area contributed by atoms with Crippen LogP contribution in [-0.4, -0.2) is 32.9 Å². The average molecular weight is 334 g/mol. The molecule has 0 spiro atoms. The Labute approximate surface area is 139 Å². The third-order valence-electron chi connectivity index (χ3n) is 4.19. The van der Waals surface area contributed by atoms with Gasteiger partial charge in [0.15, 0.2) is 0 Å². The molecule has 0 unspecified atom stereocenters. The second kappa shape index (κ2) is 7.33. The molecule has 7 heteroatoms. The summed E-state index contributed by atoms with van der Waals surface area (Å²) in [7, 11) is 0. The first-order valence-electron chi connectivity index (χ1n) is 8.09. The van der Waals surface area contributed by atoms with Gasteiger partial charge in [-0.25, -0.2) is 9.59 Å². The van der Waals surface area contributed by atoms with Crippen LogP contribution in [0.4, 0.5) is 4.79 Å². The van der Waals surface area contributed by atoms with E-state index in [0.717, 1.165) is 18.4 Å². The van der Waals surface area contributed by atoms with E-state index in [9.17, 15) is 19.5 Å². The predicted molar refractivity (Wildman–Crippen MR) is 89.6 cm³/mol. The number of hydrogen-bond donors (Lipinski definition) is 1. The smallest absolute Gasteiger partial charge is 0.420 e. The van der Waals surface area contributed by atoms with Crippen LogP contribution in [0.25, 0.3) is 11.0 Å². The first-order chi connectivity index (χ1) is 11.5. The zero-order valence-corrected chi connectivity index (χ0v) is 14.1. The van der Waals surface area contributed by atoms with Crippen molar-refractivity contribution in [3.05, 3.63) is 34.2 Å². The highest BCUT2D eigenvalue weighted by Gasteiger charge is 2.23. The molecule has 0 atom stereocenters. The Balaban J connectivity index is 2.78. The summed E-state index contributed by atoms with van der Waals surface area (Å²) in [5.41, 5.74) is 0.913. The minimum absolute atomic E-state index is 0.172. The Hall–Kier alpha value is -2.57. The van der Waals surface area contributed by atoms with E-state index in [1.165, 1.54) is 4.57 Å². The SMILES string of the molecule is CCOC(=O)Cn1c(=O)n(C(=O)O)c2cccc(C(CC)CC)c21. The highest BCUT2D eigenvalue weighted by molar-refractivity contribution is 5.89. The van der Waals surface area contributed by atoms with Crippen LogP contribution in [0, 0.1) is 0 Å². The number of benzene rings is 1. The van der Waals surface area contributed by atoms with E-state index in [0.29, 0.717) is 15.6 Å². The van der Waals surface area contributed by atoms with E-state index in [4.69, 9.17) is 4.74 Å². The molecule has 0 saturated carbocycles. The molecular formula is C17H22N2O5. The fraction of sp³-hybridized carbons (Fsp3) is 0.471. The molecule has 24 heavy (non-hydrogen) atoms. The molecule has 0 bridgehead atoms. The second-order valence-corrected chi connectivity index (χ2v) is 5.52. The molecule has 0 amide bonds. The van der Waals surface area contributed by atoms with E-state index in [1.807, 2.05) is 19.9 Å². The third kappa shape index (κ3) is 3.06. The minimum atomic E-state index is -1.37. The molecule has 1 aromatic carbocycles. The maximum Gasteiger partial charge on any atom is 0.420 e. The van der Waals surface area contributed by atoms with Crippen LogP contribution in [0.15, 0.2) is 23.0 Å². The highest BCUT2D eigenvalue weighted by atomic mass is 16.5. The van der Waals surface area contributed by atoms with Gasteiger partial charge < -0.3 is 9.84 Å². The molecule has 0 saturated heterocycles. The average Bonchev–Trinajstić information content (AvgIpc) is 2.82. The van der Waals surface area contributed by atoms with Crippen molar-refractivity contribution in [2.24, 2.45) is 0 Å². The summed E-state index contributed by atoms with van der Waals surface area (Å²) in [5.74, 6) is -0.394. The summed E-state index contributed by atoms with van der Waals surface area (Å²) < 4.78 is 6.80. The summed E-state index contributed by atoms with van der Waals surface area (Å²) in [6.45, 7) is 5.64. The van der Waals surface area contributed by atoms with Gasteiger partial charge in [-0.15, -0.1) is 0 Å². The van der Waals surface area contributed by atoms with Crippen LogP contribution in [0.5, 0.6) is 0 Å². The van der Waals surface area contributed by atoms with Gasteiger partial charge >= 0.3 is 17.8 Å². The Kier molecular flexibility index (Phi) is 5.43. The number of ether oxygens (including phenoxy) is 1. The minimum Gasteiger partial charge on any atom is -0.465 e. The van der Waals surface area contributed by atoms with Gasteiger partial charge in [0.25, 0.3) is 0 Å². The highest BCUT2D eigenvalue weighted by Crippen LogP contribution is 2.29. The van der Waals surface area contributed by atoms with Crippen molar-refractivity contribution in [2.45, 2.75) is 46.1 Å². The lowest BCUT2D eigenvalue weighted by atomic mass is 9.93. The van der Waals surface area contributed by atoms with Crippen LogP contribution in [0.3, 0.4) is 0 Å². The van der Waals surface area contributed by atoms with Gasteiger partial charge in [0.2, 0.25) is 0 Å². The fourth-order valence-corrected chi connectivity index (χ4v) is 3.07. The molecule has 0 radical (unpaired) electrons. The molecule has 2 aromatic rings. The molecule has 0 fully saturated rings. The Bertz CT molecular complexity index is 814. The van der Waals surface area contributed by atoms with Gasteiger partial charge in [0.1, 0.15) is 6.54 Å². The van der Waals surface area contributed by atoms with Gasteiger partial charge in [-0.1, -0.05) is 26.0 Å². The lowest BCUT2D eigenvalue weighted by Crippen LogP contribution is -2.30. The van der Waals surface area contributed by atoms with Crippen LogP contribution in [-0.2, 0) is 16.1 Å². The van der Waals surface area contributed by atoms with Gasteiger partial charge in [-0.2, -0.15) is 4.57 Å².